The number of nitrogens with one attached hydrogen (secondary N) is 1. The molecule has 0 radical (unpaired) electrons. The molecule has 29 heavy (non-hydrogen) atoms. The number of carbonyl (C=O) groups is 1. The molecule has 0 amide bonds. The van der Waals surface area contributed by atoms with E-state index in [0.29, 0.717) is 11.1 Å². The number of sulfonamides is 1. The van der Waals surface area contributed by atoms with Crippen molar-refractivity contribution in [3.8, 4) is 5.75 Å². The molecule has 148 valence electrons. The Bertz CT molecular complexity index is 1150. The molecule has 3 aromatic carbocycles. The minimum Gasteiger partial charge on any atom is -0.422 e. The van der Waals surface area contributed by atoms with E-state index in [1.807, 2.05) is 19.1 Å². The molecule has 0 aliphatic carbocycles. The van der Waals surface area contributed by atoms with Crippen LogP contribution in [0.25, 0.3) is 0 Å². The van der Waals surface area contributed by atoms with Gasteiger partial charge >= 0.3 is 5.97 Å². The molecule has 0 saturated heterocycles. The Kier molecular flexibility index (Phi) is 6.46. The molecule has 6 nitrogen and oxygen atoms in total. The van der Waals surface area contributed by atoms with E-state index in [2.05, 4.69) is 25.9 Å². The van der Waals surface area contributed by atoms with Crippen molar-refractivity contribution in [2.45, 2.75) is 11.8 Å². The van der Waals surface area contributed by atoms with E-state index in [4.69, 9.17) is 4.74 Å². The Labute approximate surface area is 177 Å². The first-order valence-electron chi connectivity index (χ1n) is 8.53. The first kappa shape index (κ1) is 20.8. The minimum absolute atomic E-state index is 0.0948. The maximum atomic E-state index is 12.4. The minimum atomic E-state index is -3.79. The van der Waals surface area contributed by atoms with Crippen LogP contribution in [0.4, 0.5) is 0 Å². The van der Waals surface area contributed by atoms with Crippen LogP contribution in [0.5, 0.6) is 5.75 Å². The molecule has 0 aliphatic rings. The molecule has 8 heteroatoms. The lowest BCUT2D eigenvalue weighted by molar-refractivity contribution is 0.0734. The summed E-state index contributed by atoms with van der Waals surface area (Å²) < 4.78 is 30.7. The van der Waals surface area contributed by atoms with Gasteiger partial charge in [0.15, 0.2) is 0 Å². The van der Waals surface area contributed by atoms with Crippen LogP contribution < -0.4 is 9.57 Å². The molecular weight excluding hydrogens is 456 g/mol. The lowest BCUT2D eigenvalue weighted by atomic mass is 10.1. The van der Waals surface area contributed by atoms with Crippen LogP contribution in [0, 0.1) is 6.92 Å². The van der Waals surface area contributed by atoms with Gasteiger partial charge in [-0.1, -0.05) is 51.8 Å². The molecule has 3 aromatic rings. The molecule has 1 N–H and O–H groups in total. The maximum absolute atomic E-state index is 12.4. The Morgan fingerprint density at radius 1 is 1.03 bits per heavy atom. The fourth-order valence-electron chi connectivity index (χ4n) is 2.38. The number of rotatable bonds is 6. The summed E-state index contributed by atoms with van der Waals surface area (Å²) in [4.78, 5) is 14.6. The normalized spacial score (nSPS) is 11.4. The lowest BCUT2D eigenvalue weighted by Crippen LogP contribution is -2.18. The Balaban J connectivity index is 1.79. The third-order valence-corrected chi connectivity index (χ3v) is 5.62. The van der Waals surface area contributed by atoms with E-state index < -0.39 is 16.0 Å². The summed E-state index contributed by atoms with van der Waals surface area (Å²) in [5.41, 5.74) is 1.87. The number of hydrogen-bond acceptors (Lipinski definition) is 5. The van der Waals surface area contributed by atoms with E-state index in [1.165, 1.54) is 18.3 Å². The van der Waals surface area contributed by atoms with E-state index in [-0.39, 0.29) is 10.6 Å². The van der Waals surface area contributed by atoms with Gasteiger partial charge in [-0.2, -0.15) is 13.5 Å². The second-order valence-electron chi connectivity index (χ2n) is 6.10. The number of carbonyl (C=O) groups excluding carboxylic acids is 1. The van der Waals surface area contributed by atoms with E-state index in [0.717, 1.165) is 10.0 Å². The van der Waals surface area contributed by atoms with Gasteiger partial charge in [-0.3, -0.25) is 0 Å². The lowest BCUT2D eigenvalue weighted by Gasteiger charge is -2.08. The highest BCUT2D eigenvalue weighted by molar-refractivity contribution is 9.10. The van der Waals surface area contributed by atoms with Gasteiger partial charge in [-0.15, -0.1) is 0 Å². The largest absolute Gasteiger partial charge is 0.422 e. The Hall–Kier alpha value is -2.97. The monoisotopic (exact) mass is 472 g/mol. The molecule has 0 atom stereocenters. The summed E-state index contributed by atoms with van der Waals surface area (Å²) in [5, 5.41) is 3.81. The average molecular weight is 473 g/mol. The molecule has 0 fully saturated rings. The molecule has 0 unspecified atom stereocenters. The van der Waals surface area contributed by atoms with Gasteiger partial charge in [0, 0.05) is 10.0 Å². The van der Waals surface area contributed by atoms with Gasteiger partial charge in [0.05, 0.1) is 16.7 Å². The summed E-state index contributed by atoms with van der Waals surface area (Å²) in [6.07, 6.45) is 1.28. The zero-order valence-electron chi connectivity index (χ0n) is 15.4. The molecular formula is C21H17BrN2O4S. The smallest absolute Gasteiger partial charge is 0.343 e. The zero-order chi connectivity index (χ0) is 20.9. The first-order valence-corrected chi connectivity index (χ1v) is 10.8. The number of halogens is 1. The SMILES string of the molecule is Cc1ccc(C(=O)Oc2ccc(Br)cc2/C=N/NS(=O)(=O)c2ccccc2)cc1. The third kappa shape index (κ3) is 5.52. The number of nitrogens with zero attached hydrogens (tertiary/aromatic N) is 1. The van der Waals surface area contributed by atoms with Gasteiger partial charge < -0.3 is 4.74 Å². The van der Waals surface area contributed by atoms with Crippen LogP contribution in [0.1, 0.15) is 21.5 Å². The van der Waals surface area contributed by atoms with E-state index in [1.54, 1.807) is 48.5 Å². The molecule has 0 bridgehead atoms. The van der Waals surface area contributed by atoms with Gasteiger partial charge in [0.1, 0.15) is 5.75 Å². The van der Waals surface area contributed by atoms with E-state index in [9.17, 15) is 13.2 Å². The van der Waals surface area contributed by atoms with Gasteiger partial charge in [0.2, 0.25) is 0 Å². The van der Waals surface area contributed by atoms with Crippen LogP contribution in [0.3, 0.4) is 0 Å². The van der Waals surface area contributed by atoms with E-state index >= 15 is 0 Å². The van der Waals surface area contributed by atoms with Crippen molar-refractivity contribution in [1.82, 2.24) is 4.83 Å². The van der Waals surface area contributed by atoms with Crippen molar-refractivity contribution in [2.75, 3.05) is 0 Å². The van der Waals surface area contributed by atoms with Crippen LogP contribution >= 0.6 is 15.9 Å². The predicted molar refractivity (Wildman–Crippen MR) is 115 cm³/mol. The number of benzene rings is 3. The third-order valence-electron chi connectivity index (χ3n) is 3.89. The predicted octanol–water partition coefficient (Wildman–Crippen LogP) is 4.29. The van der Waals surface area contributed by atoms with Crippen molar-refractivity contribution in [3.05, 3.63) is 94.0 Å². The molecule has 0 spiro atoms. The number of hydrogen-bond donors (Lipinski definition) is 1. The topological polar surface area (TPSA) is 84.8 Å². The number of aryl methyl sites for hydroxylation is 1. The van der Waals surface area contributed by atoms with Crippen LogP contribution in [0.15, 0.2) is 87.3 Å². The molecule has 3 rings (SSSR count). The number of ether oxygens (including phenoxy) is 1. The van der Waals surface area contributed by atoms with Crippen LogP contribution in [0.2, 0.25) is 0 Å². The highest BCUT2D eigenvalue weighted by atomic mass is 79.9. The van der Waals surface area contributed by atoms with Crippen molar-refractivity contribution >= 4 is 38.1 Å². The van der Waals surface area contributed by atoms with Crippen LogP contribution in [-0.2, 0) is 10.0 Å². The number of esters is 1. The highest BCUT2D eigenvalue weighted by Gasteiger charge is 2.13. The Morgan fingerprint density at radius 2 is 1.72 bits per heavy atom. The highest BCUT2D eigenvalue weighted by Crippen LogP contribution is 2.23. The van der Waals surface area contributed by atoms with Crippen molar-refractivity contribution in [2.24, 2.45) is 5.10 Å². The molecule has 0 aromatic heterocycles. The van der Waals surface area contributed by atoms with Gasteiger partial charge in [-0.25, -0.2) is 9.63 Å². The summed E-state index contributed by atoms with van der Waals surface area (Å²) in [6.45, 7) is 1.93. The van der Waals surface area contributed by atoms with Crippen molar-refractivity contribution in [3.63, 3.8) is 0 Å². The quantitative estimate of drug-likeness (QED) is 0.251. The maximum Gasteiger partial charge on any atom is 0.343 e. The molecule has 0 saturated carbocycles. The second-order valence-corrected chi connectivity index (χ2v) is 8.68. The fourth-order valence-corrected chi connectivity index (χ4v) is 3.57. The first-order chi connectivity index (χ1) is 13.8. The molecule has 0 heterocycles. The van der Waals surface area contributed by atoms with Crippen molar-refractivity contribution < 1.29 is 17.9 Å². The summed E-state index contributed by atoms with van der Waals surface area (Å²) in [6, 6.07) is 19.9. The summed E-state index contributed by atoms with van der Waals surface area (Å²) in [5.74, 6) is -0.270. The van der Waals surface area contributed by atoms with Gasteiger partial charge in [0.25, 0.3) is 10.0 Å². The average Bonchev–Trinajstić information content (AvgIpc) is 2.71. The summed E-state index contributed by atoms with van der Waals surface area (Å²) >= 11 is 3.34. The fraction of sp³-hybridized carbons (Fsp3) is 0.0476. The zero-order valence-corrected chi connectivity index (χ0v) is 17.8. The standard InChI is InChI=1S/C21H17BrN2O4S/c1-15-7-9-16(10-8-15)21(25)28-20-12-11-18(22)13-17(20)14-23-24-29(26,27)19-5-3-2-4-6-19/h2-14,24H,1H3/b23-14+. The second kappa shape index (κ2) is 9.02. The van der Waals surface area contributed by atoms with Crippen LogP contribution in [-0.4, -0.2) is 20.6 Å². The van der Waals surface area contributed by atoms with Crippen molar-refractivity contribution in [1.29, 1.82) is 0 Å². The van der Waals surface area contributed by atoms with Gasteiger partial charge in [-0.05, 0) is 49.4 Å². The number of hydrazone groups is 1. The molecule has 0 aliphatic heterocycles. The Morgan fingerprint density at radius 3 is 2.41 bits per heavy atom. The summed E-state index contributed by atoms with van der Waals surface area (Å²) in [7, 11) is -3.79.